The van der Waals surface area contributed by atoms with Gasteiger partial charge in [-0.2, -0.15) is 0 Å². The lowest BCUT2D eigenvalue weighted by Crippen LogP contribution is -2.59. The standard InChI is InChI=1S/C13H23NO9/c1-6(12(19)20)23-11(10(18)8(17)5-15)9(14-7(2)16)13-21-3-4-22-13/h6,8-11,13,15,17-18H,3-5H2,1-2H3,(H,14,16)(H,19,20)/t6-,8-,9-,10-,11-/m1/s1. The number of hydrogen-bond acceptors (Lipinski definition) is 8. The Morgan fingerprint density at radius 2 is 1.87 bits per heavy atom. The van der Waals surface area contributed by atoms with Crippen molar-refractivity contribution in [2.24, 2.45) is 0 Å². The van der Waals surface area contributed by atoms with E-state index in [1.165, 1.54) is 13.8 Å². The topological polar surface area (TPSA) is 155 Å². The molecule has 0 aromatic carbocycles. The maximum absolute atomic E-state index is 11.4. The number of nitrogens with one attached hydrogen (secondary N) is 1. The van der Waals surface area contributed by atoms with Crippen LogP contribution in [0.15, 0.2) is 0 Å². The van der Waals surface area contributed by atoms with Gasteiger partial charge in [-0.15, -0.1) is 0 Å². The summed E-state index contributed by atoms with van der Waals surface area (Å²) in [6.07, 6.45) is -6.97. The molecule has 1 aliphatic heterocycles. The van der Waals surface area contributed by atoms with E-state index in [4.69, 9.17) is 24.4 Å². The molecule has 1 rings (SSSR count). The van der Waals surface area contributed by atoms with Gasteiger partial charge >= 0.3 is 5.97 Å². The second kappa shape index (κ2) is 9.11. The highest BCUT2D eigenvalue weighted by atomic mass is 16.7. The van der Waals surface area contributed by atoms with Crippen LogP contribution in [0.3, 0.4) is 0 Å². The third kappa shape index (κ3) is 5.68. The molecule has 10 heteroatoms. The highest BCUT2D eigenvalue weighted by molar-refractivity contribution is 5.73. The number of rotatable bonds is 9. The van der Waals surface area contributed by atoms with Gasteiger partial charge in [0.2, 0.25) is 5.91 Å². The van der Waals surface area contributed by atoms with Crippen molar-refractivity contribution in [3.63, 3.8) is 0 Å². The molecule has 1 fully saturated rings. The molecule has 0 aliphatic carbocycles. The number of carbonyl (C=O) groups is 2. The van der Waals surface area contributed by atoms with Crippen LogP contribution in [-0.4, -0.2) is 88.9 Å². The molecule has 1 aliphatic rings. The predicted octanol–water partition coefficient (Wildman–Crippen LogP) is -2.56. The zero-order chi connectivity index (χ0) is 17.6. The summed E-state index contributed by atoms with van der Waals surface area (Å²) >= 11 is 0. The van der Waals surface area contributed by atoms with Crippen LogP contribution in [0.2, 0.25) is 0 Å². The summed E-state index contributed by atoms with van der Waals surface area (Å²) in [4.78, 5) is 22.4. The summed E-state index contributed by atoms with van der Waals surface area (Å²) in [5.74, 6) is -1.79. The van der Waals surface area contributed by atoms with Crippen LogP contribution in [0.1, 0.15) is 13.8 Å². The minimum absolute atomic E-state index is 0.251. The van der Waals surface area contributed by atoms with Crippen LogP contribution in [0, 0.1) is 0 Å². The van der Waals surface area contributed by atoms with Gasteiger partial charge in [-0.3, -0.25) is 4.79 Å². The molecule has 0 spiro atoms. The number of carboxylic acids is 1. The highest BCUT2D eigenvalue weighted by Crippen LogP contribution is 2.20. The largest absolute Gasteiger partial charge is 0.479 e. The molecule has 0 radical (unpaired) electrons. The van der Waals surface area contributed by atoms with E-state index in [0.29, 0.717) is 0 Å². The number of hydrogen-bond donors (Lipinski definition) is 5. The van der Waals surface area contributed by atoms with Gasteiger partial charge in [0.1, 0.15) is 24.4 Å². The Morgan fingerprint density at radius 1 is 1.30 bits per heavy atom. The number of aliphatic carboxylic acids is 1. The van der Waals surface area contributed by atoms with Crippen molar-refractivity contribution < 1.29 is 44.2 Å². The Kier molecular flexibility index (Phi) is 7.82. The average molecular weight is 337 g/mol. The molecular formula is C13H23NO9. The molecule has 1 saturated heterocycles. The van der Waals surface area contributed by atoms with Gasteiger partial charge in [-0.05, 0) is 6.92 Å². The first-order chi connectivity index (χ1) is 10.8. The summed E-state index contributed by atoms with van der Waals surface area (Å²) in [6, 6.07) is -1.08. The normalized spacial score (nSPS) is 22.1. The first-order valence-corrected chi connectivity index (χ1v) is 7.13. The lowest BCUT2D eigenvalue weighted by Gasteiger charge is -2.36. The molecule has 1 amide bonds. The quantitative estimate of drug-likeness (QED) is 0.305. The summed E-state index contributed by atoms with van der Waals surface area (Å²) in [5.41, 5.74) is 0. The number of amides is 1. The molecular weight excluding hydrogens is 314 g/mol. The fraction of sp³-hybridized carbons (Fsp3) is 0.846. The smallest absolute Gasteiger partial charge is 0.332 e. The van der Waals surface area contributed by atoms with Crippen molar-refractivity contribution in [3.8, 4) is 0 Å². The van der Waals surface area contributed by atoms with Gasteiger partial charge in [-0.1, -0.05) is 0 Å². The maximum Gasteiger partial charge on any atom is 0.332 e. The van der Waals surface area contributed by atoms with Gasteiger partial charge < -0.3 is 40.0 Å². The van der Waals surface area contributed by atoms with E-state index in [2.05, 4.69) is 5.32 Å². The molecule has 0 aromatic rings. The Hall–Kier alpha value is -1.30. The summed E-state index contributed by atoms with van der Waals surface area (Å²) < 4.78 is 15.8. The minimum atomic E-state index is -1.67. The minimum Gasteiger partial charge on any atom is -0.479 e. The predicted molar refractivity (Wildman–Crippen MR) is 74.4 cm³/mol. The summed E-state index contributed by atoms with van der Waals surface area (Å²) in [6.45, 7) is 2.17. The third-order valence-electron chi connectivity index (χ3n) is 3.29. The van der Waals surface area contributed by atoms with Crippen molar-refractivity contribution >= 4 is 11.9 Å². The second-order valence-electron chi connectivity index (χ2n) is 5.16. The second-order valence-corrected chi connectivity index (χ2v) is 5.16. The number of aliphatic hydroxyl groups excluding tert-OH is 3. The van der Waals surface area contributed by atoms with Gasteiger partial charge in [-0.25, -0.2) is 4.79 Å². The van der Waals surface area contributed by atoms with E-state index in [1.807, 2.05) is 0 Å². The van der Waals surface area contributed by atoms with E-state index in [9.17, 15) is 19.8 Å². The molecule has 0 aromatic heterocycles. The highest BCUT2D eigenvalue weighted by Gasteiger charge is 2.42. The SMILES string of the molecule is CC(=O)N[C@@H](C1OCCO1)[C@@H](O[C@H](C)C(=O)O)[C@H](O)[C@H](O)CO. The zero-order valence-electron chi connectivity index (χ0n) is 12.9. The Bertz CT molecular complexity index is 399. The van der Waals surface area contributed by atoms with Crippen LogP contribution < -0.4 is 5.32 Å². The van der Waals surface area contributed by atoms with Gasteiger partial charge in [0.25, 0.3) is 0 Å². The van der Waals surface area contributed by atoms with E-state index < -0.39 is 55.2 Å². The van der Waals surface area contributed by atoms with Crippen molar-refractivity contribution in [1.29, 1.82) is 0 Å². The Labute approximate surface area is 133 Å². The number of aliphatic hydroxyl groups is 3. The first-order valence-electron chi connectivity index (χ1n) is 7.13. The third-order valence-corrected chi connectivity index (χ3v) is 3.29. The van der Waals surface area contributed by atoms with Crippen LogP contribution in [0.4, 0.5) is 0 Å². The van der Waals surface area contributed by atoms with E-state index >= 15 is 0 Å². The monoisotopic (exact) mass is 337 g/mol. The fourth-order valence-corrected chi connectivity index (χ4v) is 2.12. The molecule has 5 N–H and O–H groups in total. The number of ether oxygens (including phenoxy) is 3. The number of carbonyl (C=O) groups excluding carboxylic acids is 1. The molecule has 0 bridgehead atoms. The van der Waals surface area contributed by atoms with Crippen LogP contribution in [0.5, 0.6) is 0 Å². The molecule has 0 saturated carbocycles. The lowest BCUT2D eigenvalue weighted by atomic mass is 9.99. The maximum atomic E-state index is 11.4. The van der Waals surface area contributed by atoms with Gasteiger partial charge in [0.15, 0.2) is 12.4 Å². The molecule has 10 nitrogen and oxygen atoms in total. The summed E-state index contributed by atoms with van der Waals surface area (Å²) in [7, 11) is 0. The van der Waals surface area contributed by atoms with Crippen molar-refractivity contribution in [2.45, 2.75) is 50.6 Å². The average Bonchev–Trinajstić information content (AvgIpc) is 3.02. The first kappa shape index (κ1) is 19.7. The molecule has 23 heavy (non-hydrogen) atoms. The number of carboxylic acid groups (broad SMARTS) is 1. The van der Waals surface area contributed by atoms with E-state index in [-0.39, 0.29) is 13.2 Å². The van der Waals surface area contributed by atoms with Crippen LogP contribution in [0.25, 0.3) is 0 Å². The molecule has 1 heterocycles. The van der Waals surface area contributed by atoms with E-state index in [0.717, 1.165) is 0 Å². The molecule has 134 valence electrons. The van der Waals surface area contributed by atoms with Gasteiger partial charge in [0, 0.05) is 6.92 Å². The summed E-state index contributed by atoms with van der Waals surface area (Å²) in [5, 5.41) is 40.2. The van der Waals surface area contributed by atoms with Crippen LogP contribution >= 0.6 is 0 Å². The van der Waals surface area contributed by atoms with Crippen LogP contribution in [-0.2, 0) is 23.8 Å². The van der Waals surface area contributed by atoms with Gasteiger partial charge in [0.05, 0.1) is 19.8 Å². The van der Waals surface area contributed by atoms with E-state index in [1.54, 1.807) is 0 Å². The van der Waals surface area contributed by atoms with Crippen molar-refractivity contribution in [1.82, 2.24) is 5.32 Å². The van der Waals surface area contributed by atoms with Crippen molar-refractivity contribution in [3.05, 3.63) is 0 Å². The zero-order valence-corrected chi connectivity index (χ0v) is 12.9. The fourth-order valence-electron chi connectivity index (χ4n) is 2.12. The van der Waals surface area contributed by atoms with Crippen molar-refractivity contribution in [2.75, 3.05) is 19.8 Å². The lowest BCUT2D eigenvalue weighted by molar-refractivity contribution is -0.185. The molecule has 0 unspecified atom stereocenters. The Morgan fingerprint density at radius 3 is 2.30 bits per heavy atom. The molecule has 5 atom stereocenters. The Balaban J connectivity index is 3.03.